The quantitative estimate of drug-likeness (QED) is 0.431. The van der Waals surface area contributed by atoms with Crippen LogP contribution >= 0.6 is 0 Å². The van der Waals surface area contributed by atoms with Crippen molar-refractivity contribution in [3.05, 3.63) is 11.5 Å². The summed E-state index contributed by atoms with van der Waals surface area (Å²) >= 11 is 0. The lowest BCUT2D eigenvalue weighted by molar-refractivity contribution is -0.138. The van der Waals surface area contributed by atoms with Crippen LogP contribution in [0.4, 0.5) is 0 Å². The van der Waals surface area contributed by atoms with Crippen molar-refractivity contribution in [2.24, 2.45) is 0 Å². The van der Waals surface area contributed by atoms with Crippen LogP contribution in [0.2, 0.25) is 0 Å². The summed E-state index contributed by atoms with van der Waals surface area (Å²) in [7, 11) is 1.48. The standard InChI is InChI=1S/C12H19BO6/c1-11(2)12(3,4)19-13(18-11)8(10(15)17-6)7-9(14)16-5/h7H,1-6H3/b8-7+. The van der Waals surface area contributed by atoms with E-state index in [4.69, 9.17) is 9.31 Å². The van der Waals surface area contributed by atoms with Crippen molar-refractivity contribution in [3.8, 4) is 0 Å². The summed E-state index contributed by atoms with van der Waals surface area (Å²) in [6.07, 6.45) is 1.02. The number of hydrogen-bond donors (Lipinski definition) is 0. The molecule has 0 aromatic rings. The van der Waals surface area contributed by atoms with Crippen LogP contribution in [0.3, 0.4) is 0 Å². The van der Waals surface area contributed by atoms with Crippen LogP contribution in [0.15, 0.2) is 11.5 Å². The fraction of sp³-hybridized carbons (Fsp3) is 0.667. The Hall–Kier alpha value is -1.34. The van der Waals surface area contributed by atoms with Gasteiger partial charge >= 0.3 is 19.1 Å². The molecule has 1 rings (SSSR count). The van der Waals surface area contributed by atoms with Crippen LogP contribution in [0.1, 0.15) is 27.7 Å². The second-order valence-electron chi connectivity index (χ2n) is 5.20. The topological polar surface area (TPSA) is 71.1 Å². The average molecular weight is 270 g/mol. The van der Waals surface area contributed by atoms with Gasteiger partial charge in [0.25, 0.3) is 0 Å². The molecule has 7 heteroatoms. The normalized spacial score (nSPS) is 21.2. The second kappa shape index (κ2) is 5.34. The van der Waals surface area contributed by atoms with Gasteiger partial charge in [0.15, 0.2) is 0 Å². The van der Waals surface area contributed by atoms with E-state index >= 15 is 0 Å². The maximum Gasteiger partial charge on any atom is 0.502 e. The summed E-state index contributed by atoms with van der Waals surface area (Å²) < 4.78 is 20.5. The molecule has 0 bridgehead atoms. The molecule has 1 heterocycles. The van der Waals surface area contributed by atoms with Crippen LogP contribution in [-0.2, 0) is 28.4 Å². The molecule has 1 aliphatic heterocycles. The van der Waals surface area contributed by atoms with E-state index in [-0.39, 0.29) is 5.47 Å². The molecular weight excluding hydrogens is 251 g/mol. The van der Waals surface area contributed by atoms with Gasteiger partial charge in [-0.15, -0.1) is 0 Å². The Balaban J connectivity index is 3.06. The van der Waals surface area contributed by atoms with Gasteiger partial charge in [-0.05, 0) is 27.7 Å². The number of esters is 2. The summed E-state index contributed by atoms with van der Waals surface area (Å²) in [6, 6.07) is 0. The minimum atomic E-state index is -0.962. The monoisotopic (exact) mass is 270 g/mol. The molecule has 0 aromatic carbocycles. The van der Waals surface area contributed by atoms with Crippen LogP contribution in [-0.4, -0.2) is 44.5 Å². The van der Waals surface area contributed by atoms with E-state index in [1.54, 1.807) is 0 Å². The van der Waals surface area contributed by atoms with Crippen LogP contribution in [0.25, 0.3) is 0 Å². The number of methoxy groups -OCH3 is 2. The van der Waals surface area contributed by atoms with Gasteiger partial charge in [0, 0.05) is 6.08 Å². The smallest absolute Gasteiger partial charge is 0.466 e. The van der Waals surface area contributed by atoms with Crippen LogP contribution < -0.4 is 0 Å². The minimum absolute atomic E-state index is 0.0204. The molecule has 0 aromatic heterocycles. The number of carbonyl (C=O) groups is 2. The number of hydrogen-bond acceptors (Lipinski definition) is 6. The van der Waals surface area contributed by atoms with Gasteiger partial charge in [-0.25, -0.2) is 9.59 Å². The molecule has 0 atom stereocenters. The van der Waals surface area contributed by atoms with Crippen LogP contribution in [0, 0.1) is 0 Å². The van der Waals surface area contributed by atoms with E-state index in [0.717, 1.165) is 6.08 Å². The first-order chi connectivity index (χ1) is 8.64. The first-order valence-electron chi connectivity index (χ1n) is 5.88. The molecule has 1 saturated heterocycles. The molecule has 0 unspecified atom stereocenters. The molecule has 0 amide bonds. The van der Waals surface area contributed by atoms with Crippen molar-refractivity contribution < 1.29 is 28.4 Å². The summed E-state index contributed by atoms with van der Waals surface area (Å²) in [6.45, 7) is 7.39. The fourth-order valence-electron chi connectivity index (χ4n) is 1.50. The van der Waals surface area contributed by atoms with Crippen LogP contribution in [0.5, 0.6) is 0 Å². The highest BCUT2D eigenvalue weighted by Gasteiger charge is 2.54. The second-order valence-corrected chi connectivity index (χ2v) is 5.20. The molecular formula is C12H19BO6. The predicted molar refractivity (Wildman–Crippen MR) is 68.2 cm³/mol. The average Bonchev–Trinajstić information content (AvgIpc) is 2.53. The predicted octanol–water partition coefficient (Wildman–Crippen LogP) is 0.890. The van der Waals surface area contributed by atoms with Gasteiger partial charge in [-0.2, -0.15) is 0 Å². The van der Waals surface area contributed by atoms with Gasteiger partial charge in [0.05, 0.1) is 30.9 Å². The Morgan fingerprint density at radius 2 is 1.47 bits per heavy atom. The highest BCUT2D eigenvalue weighted by Crippen LogP contribution is 2.38. The van der Waals surface area contributed by atoms with Gasteiger partial charge in [-0.3, -0.25) is 0 Å². The maximum atomic E-state index is 11.7. The number of ether oxygens (including phenoxy) is 2. The molecule has 6 nitrogen and oxygen atoms in total. The van der Waals surface area contributed by atoms with Crippen molar-refractivity contribution in [1.29, 1.82) is 0 Å². The summed E-state index contributed by atoms with van der Waals surface area (Å²) in [5.74, 6) is -1.36. The van der Waals surface area contributed by atoms with Gasteiger partial charge in [0.2, 0.25) is 0 Å². The molecule has 19 heavy (non-hydrogen) atoms. The Kier molecular flexibility index (Phi) is 4.42. The number of rotatable bonds is 3. The van der Waals surface area contributed by atoms with Crippen molar-refractivity contribution in [1.82, 2.24) is 0 Å². The van der Waals surface area contributed by atoms with Crippen molar-refractivity contribution in [2.75, 3.05) is 14.2 Å². The van der Waals surface area contributed by atoms with Crippen molar-refractivity contribution >= 4 is 19.1 Å². The molecule has 0 saturated carbocycles. The van der Waals surface area contributed by atoms with E-state index in [2.05, 4.69) is 9.47 Å². The Labute approximate surface area is 113 Å². The van der Waals surface area contributed by atoms with E-state index in [0.29, 0.717) is 0 Å². The summed E-state index contributed by atoms with van der Waals surface area (Å²) in [5, 5.41) is 0. The number of carbonyl (C=O) groups excluding carboxylic acids is 2. The molecule has 1 aliphatic rings. The van der Waals surface area contributed by atoms with E-state index in [1.165, 1.54) is 14.2 Å². The molecule has 0 radical (unpaired) electrons. The lowest BCUT2D eigenvalue weighted by Gasteiger charge is -2.32. The van der Waals surface area contributed by atoms with Gasteiger partial charge in [0.1, 0.15) is 0 Å². The fourth-order valence-corrected chi connectivity index (χ4v) is 1.50. The SMILES string of the molecule is COC(=O)/C=C(/B1OC(C)(C)C(C)(C)O1)C(=O)OC. The van der Waals surface area contributed by atoms with Gasteiger partial charge in [-0.1, -0.05) is 0 Å². The third-order valence-electron chi connectivity index (χ3n) is 3.40. The lowest BCUT2D eigenvalue weighted by Crippen LogP contribution is -2.41. The molecule has 1 fully saturated rings. The van der Waals surface area contributed by atoms with Crippen molar-refractivity contribution in [3.63, 3.8) is 0 Å². The maximum absolute atomic E-state index is 11.7. The molecule has 106 valence electrons. The molecule has 0 aliphatic carbocycles. The zero-order valence-corrected chi connectivity index (χ0v) is 12.1. The molecule has 0 N–H and O–H groups in total. The first-order valence-corrected chi connectivity index (χ1v) is 5.88. The van der Waals surface area contributed by atoms with E-state index < -0.39 is 30.3 Å². The zero-order valence-electron chi connectivity index (χ0n) is 12.1. The Bertz CT molecular complexity index is 396. The Morgan fingerprint density at radius 1 is 1.00 bits per heavy atom. The minimum Gasteiger partial charge on any atom is -0.466 e. The van der Waals surface area contributed by atoms with Gasteiger partial charge < -0.3 is 18.8 Å². The third-order valence-corrected chi connectivity index (χ3v) is 3.40. The summed E-state index contributed by atoms with van der Waals surface area (Å²) in [5.41, 5.74) is -1.24. The first kappa shape index (κ1) is 15.7. The highest BCUT2D eigenvalue weighted by atomic mass is 16.7. The Morgan fingerprint density at radius 3 is 1.84 bits per heavy atom. The van der Waals surface area contributed by atoms with E-state index in [1.807, 2.05) is 27.7 Å². The molecule has 0 spiro atoms. The lowest BCUT2D eigenvalue weighted by atomic mass is 9.78. The zero-order chi connectivity index (χ0) is 14.8. The van der Waals surface area contributed by atoms with E-state index in [9.17, 15) is 9.59 Å². The van der Waals surface area contributed by atoms with Crippen molar-refractivity contribution in [2.45, 2.75) is 38.9 Å². The summed E-state index contributed by atoms with van der Waals surface area (Å²) in [4.78, 5) is 23.0. The third kappa shape index (κ3) is 3.16. The largest absolute Gasteiger partial charge is 0.502 e. The highest BCUT2D eigenvalue weighted by molar-refractivity contribution is 6.62.